The topological polar surface area (TPSA) is 40.5 Å². The standard InChI is InChI=1S/C15H14ClNO2/c1-10-5-3-4-6-14(10)17(2)11-7-8-12(15(18)19)13(16)9-11/h3-9H,1-2H3,(H,18,19). The lowest BCUT2D eigenvalue weighted by molar-refractivity contribution is 0.0697. The highest BCUT2D eigenvalue weighted by atomic mass is 35.5. The molecule has 0 aromatic heterocycles. The molecule has 0 spiro atoms. The SMILES string of the molecule is Cc1ccccc1N(C)c1ccc(C(=O)O)c(Cl)c1. The fourth-order valence-electron chi connectivity index (χ4n) is 1.96. The Morgan fingerprint density at radius 1 is 1.21 bits per heavy atom. The normalized spacial score (nSPS) is 10.3. The Balaban J connectivity index is 2.40. The number of anilines is 2. The number of hydrogen-bond donors (Lipinski definition) is 1. The highest BCUT2D eigenvalue weighted by molar-refractivity contribution is 6.33. The van der Waals surface area contributed by atoms with Crippen molar-refractivity contribution >= 4 is 28.9 Å². The molecular weight excluding hydrogens is 262 g/mol. The molecule has 0 aliphatic carbocycles. The van der Waals surface area contributed by atoms with E-state index in [9.17, 15) is 4.79 Å². The van der Waals surface area contributed by atoms with Crippen molar-refractivity contribution < 1.29 is 9.90 Å². The van der Waals surface area contributed by atoms with E-state index >= 15 is 0 Å². The molecule has 0 radical (unpaired) electrons. The van der Waals surface area contributed by atoms with Crippen molar-refractivity contribution in [3.63, 3.8) is 0 Å². The zero-order valence-corrected chi connectivity index (χ0v) is 11.5. The second-order valence-electron chi connectivity index (χ2n) is 4.31. The van der Waals surface area contributed by atoms with Crippen LogP contribution in [0, 0.1) is 6.92 Å². The van der Waals surface area contributed by atoms with Gasteiger partial charge in [-0.1, -0.05) is 29.8 Å². The number of rotatable bonds is 3. The molecule has 2 rings (SSSR count). The van der Waals surface area contributed by atoms with Gasteiger partial charge in [-0.3, -0.25) is 0 Å². The number of carboxylic acid groups (broad SMARTS) is 1. The van der Waals surface area contributed by atoms with E-state index in [0.717, 1.165) is 16.9 Å². The Bertz CT molecular complexity index is 625. The van der Waals surface area contributed by atoms with Crippen LogP contribution in [0.4, 0.5) is 11.4 Å². The van der Waals surface area contributed by atoms with Crippen LogP contribution in [0.5, 0.6) is 0 Å². The van der Waals surface area contributed by atoms with Gasteiger partial charge < -0.3 is 10.0 Å². The van der Waals surface area contributed by atoms with Crippen LogP contribution in [-0.2, 0) is 0 Å². The van der Waals surface area contributed by atoms with Crippen LogP contribution in [0.3, 0.4) is 0 Å². The summed E-state index contributed by atoms with van der Waals surface area (Å²) in [6, 6.07) is 12.9. The Morgan fingerprint density at radius 2 is 1.89 bits per heavy atom. The van der Waals surface area contributed by atoms with Crippen LogP contribution in [0.1, 0.15) is 15.9 Å². The third kappa shape index (κ3) is 2.71. The van der Waals surface area contributed by atoms with Gasteiger partial charge in [-0.05, 0) is 36.8 Å². The first-order valence-corrected chi connectivity index (χ1v) is 6.20. The third-order valence-electron chi connectivity index (χ3n) is 3.05. The largest absolute Gasteiger partial charge is 0.478 e. The molecule has 2 aromatic rings. The van der Waals surface area contributed by atoms with Gasteiger partial charge in [-0.25, -0.2) is 4.79 Å². The van der Waals surface area contributed by atoms with E-state index in [4.69, 9.17) is 16.7 Å². The monoisotopic (exact) mass is 275 g/mol. The Hall–Kier alpha value is -2.00. The molecule has 2 aromatic carbocycles. The molecule has 0 saturated heterocycles. The zero-order valence-electron chi connectivity index (χ0n) is 10.7. The van der Waals surface area contributed by atoms with E-state index in [1.54, 1.807) is 12.1 Å². The van der Waals surface area contributed by atoms with Gasteiger partial charge in [0.1, 0.15) is 0 Å². The molecule has 3 nitrogen and oxygen atoms in total. The van der Waals surface area contributed by atoms with Gasteiger partial charge in [-0.2, -0.15) is 0 Å². The summed E-state index contributed by atoms with van der Waals surface area (Å²) in [6.07, 6.45) is 0. The van der Waals surface area contributed by atoms with Gasteiger partial charge in [-0.15, -0.1) is 0 Å². The van der Waals surface area contributed by atoms with Crippen molar-refractivity contribution in [1.82, 2.24) is 0 Å². The summed E-state index contributed by atoms with van der Waals surface area (Å²) in [5.41, 5.74) is 3.16. The molecule has 0 fully saturated rings. The molecule has 0 heterocycles. The van der Waals surface area contributed by atoms with Crippen molar-refractivity contribution in [3.8, 4) is 0 Å². The Morgan fingerprint density at radius 3 is 2.47 bits per heavy atom. The van der Waals surface area contributed by atoms with Gasteiger partial charge in [0.15, 0.2) is 0 Å². The van der Waals surface area contributed by atoms with Crippen LogP contribution in [-0.4, -0.2) is 18.1 Å². The van der Waals surface area contributed by atoms with Gasteiger partial charge in [0, 0.05) is 18.4 Å². The highest BCUT2D eigenvalue weighted by Gasteiger charge is 2.12. The predicted octanol–water partition coefficient (Wildman–Crippen LogP) is 4.11. The maximum absolute atomic E-state index is 10.9. The second kappa shape index (κ2) is 5.33. The third-order valence-corrected chi connectivity index (χ3v) is 3.36. The van der Waals surface area contributed by atoms with E-state index < -0.39 is 5.97 Å². The molecule has 0 saturated carbocycles. The lowest BCUT2D eigenvalue weighted by Crippen LogP contribution is -2.11. The highest BCUT2D eigenvalue weighted by Crippen LogP contribution is 2.29. The van der Waals surface area contributed by atoms with E-state index in [0.29, 0.717) is 0 Å². The summed E-state index contributed by atoms with van der Waals surface area (Å²) in [4.78, 5) is 12.9. The molecule has 0 aliphatic heterocycles. The van der Waals surface area contributed by atoms with Crippen LogP contribution in [0.2, 0.25) is 5.02 Å². The molecule has 0 aliphatic rings. The summed E-state index contributed by atoms with van der Waals surface area (Å²) in [7, 11) is 1.93. The average molecular weight is 276 g/mol. The maximum atomic E-state index is 10.9. The van der Waals surface area contributed by atoms with Crippen molar-refractivity contribution in [3.05, 3.63) is 58.6 Å². The molecule has 4 heteroatoms. The number of aromatic carboxylic acids is 1. The number of hydrogen-bond acceptors (Lipinski definition) is 2. The van der Waals surface area contributed by atoms with Gasteiger partial charge in [0.2, 0.25) is 0 Å². The fraction of sp³-hybridized carbons (Fsp3) is 0.133. The Kier molecular flexibility index (Phi) is 3.76. The lowest BCUT2D eigenvalue weighted by Gasteiger charge is -2.22. The average Bonchev–Trinajstić information content (AvgIpc) is 2.38. The molecule has 19 heavy (non-hydrogen) atoms. The summed E-state index contributed by atoms with van der Waals surface area (Å²) in [5, 5.41) is 9.20. The van der Waals surface area contributed by atoms with Crippen molar-refractivity contribution in [2.24, 2.45) is 0 Å². The van der Waals surface area contributed by atoms with Crippen molar-refractivity contribution in [2.45, 2.75) is 6.92 Å². The van der Waals surface area contributed by atoms with Gasteiger partial charge in [0.25, 0.3) is 0 Å². The van der Waals surface area contributed by atoms with Gasteiger partial charge in [0.05, 0.1) is 10.6 Å². The minimum absolute atomic E-state index is 0.114. The quantitative estimate of drug-likeness (QED) is 0.916. The molecule has 0 amide bonds. The number of carbonyl (C=O) groups is 1. The van der Waals surface area contributed by atoms with Crippen molar-refractivity contribution in [2.75, 3.05) is 11.9 Å². The number of para-hydroxylation sites is 1. The van der Waals surface area contributed by atoms with Crippen molar-refractivity contribution in [1.29, 1.82) is 0 Å². The van der Waals surface area contributed by atoms with Crippen LogP contribution >= 0.6 is 11.6 Å². The fourth-order valence-corrected chi connectivity index (χ4v) is 2.22. The number of nitrogens with zero attached hydrogens (tertiary/aromatic N) is 1. The van der Waals surface area contributed by atoms with E-state index in [1.807, 2.05) is 43.1 Å². The molecule has 0 bridgehead atoms. The van der Waals surface area contributed by atoms with Crippen LogP contribution in [0.25, 0.3) is 0 Å². The summed E-state index contributed by atoms with van der Waals surface area (Å²) < 4.78 is 0. The minimum atomic E-state index is -1.02. The van der Waals surface area contributed by atoms with Crippen LogP contribution < -0.4 is 4.90 Å². The first-order valence-electron chi connectivity index (χ1n) is 5.83. The first-order chi connectivity index (χ1) is 9.00. The van der Waals surface area contributed by atoms with E-state index in [1.165, 1.54) is 6.07 Å². The summed E-state index contributed by atoms with van der Waals surface area (Å²) in [5.74, 6) is -1.02. The Labute approximate surface area is 117 Å². The van der Waals surface area contributed by atoms with Crippen LogP contribution in [0.15, 0.2) is 42.5 Å². The van der Waals surface area contributed by atoms with E-state index in [-0.39, 0.29) is 10.6 Å². The zero-order chi connectivity index (χ0) is 14.0. The van der Waals surface area contributed by atoms with E-state index in [2.05, 4.69) is 0 Å². The molecule has 98 valence electrons. The molecule has 0 atom stereocenters. The second-order valence-corrected chi connectivity index (χ2v) is 4.72. The molecule has 1 N–H and O–H groups in total. The van der Waals surface area contributed by atoms with Gasteiger partial charge >= 0.3 is 5.97 Å². The first kappa shape index (κ1) is 13.4. The number of aryl methyl sites for hydroxylation is 1. The molecule has 0 unspecified atom stereocenters. The summed E-state index contributed by atoms with van der Waals surface area (Å²) >= 11 is 5.99. The summed E-state index contributed by atoms with van der Waals surface area (Å²) in [6.45, 7) is 2.03. The minimum Gasteiger partial charge on any atom is -0.478 e. The lowest BCUT2D eigenvalue weighted by atomic mass is 10.1. The number of benzene rings is 2. The number of halogens is 1. The smallest absolute Gasteiger partial charge is 0.337 e. The number of carboxylic acids is 1. The predicted molar refractivity (Wildman–Crippen MR) is 77.7 cm³/mol. The molecular formula is C15H14ClNO2. The maximum Gasteiger partial charge on any atom is 0.337 e.